The molecular weight excluding hydrogens is 338 g/mol. The predicted molar refractivity (Wildman–Crippen MR) is 89.7 cm³/mol. The highest BCUT2D eigenvalue weighted by molar-refractivity contribution is 5.70. The average molecular weight is 350 g/mol. The van der Waals surface area contributed by atoms with E-state index < -0.39 is 17.6 Å². The largest absolute Gasteiger partial charge is 0.420 e. The standard InChI is InChI=1S/C19H12F2N4O/c20-12-7-4-8-13(21)15(12)14-11(9-22)18(23)26-19-16(14)17(24-25-19)10-5-2-1-3-6-10/h1-8,14H,23H2,(H,24,25). The number of halogens is 2. The van der Waals surface area contributed by atoms with Crippen molar-refractivity contribution in [3.8, 4) is 23.2 Å². The third kappa shape index (κ3) is 2.31. The summed E-state index contributed by atoms with van der Waals surface area (Å²) in [5.41, 5.74) is 7.09. The van der Waals surface area contributed by atoms with Crippen molar-refractivity contribution in [1.29, 1.82) is 5.26 Å². The van der Waals surface area contributed by atoms with E-state index in [2.05, 4.69) is 10.2 Å². The zero-order valence-corrected chi connectivity index (χ0v) is 13.3. The third-order valence-electron chi connectivity index (χ3n) is 4.29. The molecule has 4 rings (SSSR count). The van der Waals surface area contributed by atoms with Crippen LogP contribution in [0.25, 0.3) is 11.3 Å². The highest BCUT2D eigenvalue weighted by Crippen LogP contribution is 2.46. The Morgan fingerprint density at radius 2 is 1.73 bits per heavy atom. The minimum absolute atomic E-state index is 0.0694. The molecule has 7 heteroatoms. The lowest BCUT2D eigenvalue weighted by atomic mass is 9.82. The Bertz CT molecular complexity index is 1050. The van der Waals surface area contributed by atoms with Crippen molar-refractivity contribution in [3.63, 3.8) is 0 Å². The van der Waals surface area contributed by atoms with Gasteiger partial charge in [-0.2, -0.15) is 5.26 Å². The number of nitrogens with zero attached hydrogens (tertiary/aromatic N) is 2. The van der Waals surface area contributed by atoms with Gasteiger partial charge in [-0.3, -0.25) is 5.10 Å². The van der Waals surface area contributed by atoms with Crippen LogP contribution in [-0.4, -0.2) is 10.2 Å². The fourth-order valence-electron chi connectivity index (χ4n) is 3.15. The Morgan fingerprint density at radius 1 is 1.04 bits per heavy atom. The summed E-state index contributed by atoms with van der Waals surface area (Å²) in [5, 5.41) is 16.5. The molecule has 2 aromatic carbocycles. The molecule has 1 aromatic heterocycles. The molecule has 5 nitrogen and oxygen atoms in total. The molecule has 0 radical (unpaired) electrons. The first kappa shape index (κ1) is 15.8. The van der Waals surface area contributed by atoms with Crippen LogP contribution in [0, 0.1) is 23.0 Å². The van der Waals surface area contributed by atoms with Crippen LogP contribution in [-0.2, 0) is 0 Å². The number of nitrogens with two attached hydrogens (primary N) is 1. The van der Waals surface area contributed by atoms with Crippen LogP contribution < -0.4 is 10.5 Å². The molecule has 0 saturated carbocycles. The number of hydrogen-bond acceptors (Lipinski definition) is 4. The second-order valence-electron chi connectivity index (χ2n) is 5.74. The lowest BCUT2D eigenvalue weighted by Crippen LogP contribution is -2.22. The SMILES string of the molecule is N#CC1=C(N)Oc2n[nH]c(-c3ccccc3)c2C1c1c(F)cccc1F. The van der Waals surface area contributed by atoms with Gasteiger partial charge in [0.25, 0.3) is 0 Å². The molecule has 1 aliphatic rings. The minimum atomic E-state index is -1.07. The Morgan fingerprint density at radius 3 is 2.38 bits per heavy atom. The number of hydrogen-bond donors (Lipinski definition) is 2. The Kier molecular flexibility index (Phi) is 3.66. The zero-order valence-electron chi connectivity index (χ0n) is 13.3. The molecule has 0 saturated heterocycles. The lowest BCUT2D eigenvalue weighted by Gasteiger charge is -2.24. The fraction of sp³-hybridized carbons (Fsp3) is 0.0526. The number of fused-ring (bicyclic) bond motifs is 1. The molecule has 128 valence electrons. The summed E-state index contributed by atoms with van der Waals surface area (Å²) >= 11 is 0. The van der Waals surface area contributed by atoms with E-state index in [9.17, 15) is 14.0 Å². The number of rotatable bonds is 2. The first-order chi connectivity index (χ1) is 12.6. The molecule has 3 aromatic rings. The van der Waals surface area contributed by atoms with E-state index in [4.69, 9.17) is 10.5 Å². The van der Waals surface area contributed by atoms with Gasteiger partial charge in [0.1, 0.15) is 23.3 Å². The molecule has 0 spiro atoms. The monoisotopic (exact) mass is 350 g/mol. The minimum Gasteiger partial charge on any atom is -0.420 e. The first-order valence-corrected chi connectivity index (χ1v) is 7.77. The van der Waals surface area contributed by atoms with Gasteiger partial charge in [-0.15, -0.1) is 5.10 Å². The van der Waals surface area contributed by atoms with E-state index >= 15 is 0 Å². The van der Waals surface area contributed by atoms with Crippen molar-refractivity contribution in [2.75, 3.05) is 0 Å². The predicted octanol–water partition coefficient (Wildman–Crippen LogP) is 3.57. The van der Waals surface area contributed by atoms with Gasteiger partial charge in [0, 0.05) is 5.56 Å². The summed E-state index contributed by atoms with van der Waals surface area (Å²) < 4.78 is 34.5. The summed E-state index contributed by atoms with van der Waals surface area (Å²) in [6, 6.07) is 14.6. The van der Waals surface area contributed by atoms with Gasteiger partial charge in [0.15, 0.2) is 0 Å². The number of nitriles is 1. The fourth-order valence-corrected chi connectivity index (χ4v) is 3.15. The maximum Gasteiger partial charge on any atom is 0.244 e. The second kappa shape index (κ2) is 6.01. The normalized spacial score (nSPS) is 16.0. The van der Waals surface area contributed by atoms with Crippen molar-refractivity contribution >= 4 is 0 Å². The molecule has 0 fully saturated rings. The number of aromatic amines is 1. The van der Waals surface area contributed by atoms with Crippen LogP contribution in [0.1, 0.15) is 17.0 Å². The summed E-state index contributed by atoms with van der Waals surface area (Å²) in [5.74, 6) is -2.75. The molecule has 1 aliphatic heterocycles. The van der Waals surface area contributed by atoms with Gasteiger partial charge in [0.2, 0.25) is 11.8 Å². The number of H-pyrrole nitrogens is 1. The summed E-state index contributed by atoms with van der Waals surface area (Å²) in [7, 11) is 0. The zero-order chi connectivity index (χ0) is 18.3. The quantitative estimate of drug-likeness (QED) is 0.739. The van der Waals surface area contributed by atoms with Crippen LogP contribution >= 0.6 is 0 Å². The van der Waals surface area contributed by atoms with Gasteiger partial charge in [-0.25, -0.2) is 8.78 Å². The first-order valence-electron chi connectivity index (χ1n) is 7.77. The molecule has 2 heterocycles. The van der Waals surface area contributed by atoms with Gasteiger partial charge < -0.3 is 10.5 Å². The summed E-state index contributed by atoms with van der Waals surface area (Å²) in [6.07, 6.45) is 0. The lowest BCUT2D eigenvalue weighted by molar-refractivity contribution is 0.376. The van der Waals surface area contributed by atoms with Crippen LogP contribution in [0.3, 0.4) is 0 Å². The van der Waals surface area contributed by atoms with Crippen LogP contribution in [0.4, 0.5) is 8.78 Å². The molecule has 0 bridgehead atoms. The Hall–Kier alpha value is -3.66. The highest BCUT2D eigenvalue weighted by Gasteiger charge is 2.38. The van der Waals surface area contributed by atoms with Gasteiger partial charge in [-0.1, -0.05) is 36.4 Å². The van der Waals surface area contributed by atoms with Crippen molar-refractivity contribution in [2.45, 2.75) is 5.92 Å². The number of aromatic nitrogens is 2. The molecule has 1 unspecified atom stereocenters. The summed E-state index contributed by atoms with van der Waals surface area (Å²) in [4.78, 5) is 0. The second-order valence-corrected chi connectivity index (χ2v) is 5.74. The van der Waals surface area contributed by atoms with Gasteiger partial charge >= 0.3 is 0 Å². The molecule has 26 heavy (non-hydrogen) atoms. The van der Waals surface area contributed by atoms with E-state index in [1.807, 2.05) is 36.4 Å². The van der Waals surface area contributed by atoms with Crippen LogP contribution in [0.5, 0.6) is 5.88 Å². The van der Waals surface area contributed by atoms with Gasteiger partial charge in [0.05, 0.1) is 17.2 Å². The number of allylic oxidation sites excluding steroid dienone is 1. The van der Waals surface area contributed by atoms with Crippen molar-refractivity contribution in [2.24, 2.45) is 5.73 Å². The van der Waals surface area contributed by atoms with Crippen LogP contribution in [0.2, 0.25) is 0 Å². The topological polar surface area (TPSA) is 87.7 Å². The maximum atomic E-state index is 14.5. The van der Waals surface area contributed by atoms with E-state index in [0.717, 1.165) is 17.7 Å². The number of benzene rings is 2. The van der Waals surface area contributed by atoms with Crippen molar-refractivity contribution in [3.05, 3.63) is 82.7 Å². The molecule has 3 N–H and O–H groups in total. The molecule has 0 amide bonds. The average Bonchev–Trinajstić information content (AvgIpc) is 3.05. The van der Waals surface area contributed by atoms with Crippen LogP contribution in [0.15, 0.2) is 60.0 Å². The highest BCUT2D eigenvalue weighted by atomic mass is 19.1. The molecule has 0 aliphatic carbocycles. The number of ether oxygens (including phenoxy) is 1. The van der Waals surface area contributed by atoms with E-state index in [1.165, 1.54) is 6.07 Å². The Balaban J connectivity index is 2.02. The number of nitrogens with one attached hydrogen (secondary N) is 1. The van der Waals surface area contributed by atoms with E-state index in [0.29, 0.717) is 11.3 Å². The smallest absolute Gasteiger partial charge is 0.244 e. The molecular formula is C19H12F2N4O. The van der Waals surface area contributed by atoms with Crippen molar-refractivity contribution < 1.29 is 13.5 Å². The van der Waals surface area contributed by atoms with Crippen molar-refractivity contribution in [1.82, 2.24) is 10.2 Å². The van der Waals surface area contributed by atoms with Gasteiger partial charge in [-0.05, 0) is 17.7 Å². The van der Waals surface area contributed by atoms with E-state index in [-0.39, 0.29) is 22.9 Å². The summed E-state index contributed by atoms with van der Waals surface area (Å²) in [6.45, 7) is 0. The Labute approximate surface area is 147 Å². The maximum absolute atomic E-state index is 14.5. The van der Waals surface area contributed by atoms with E-state index in [1.54, 1.807) is 0 Å². The molecule has 1 atom stereocenters. The third-order valence-corrected chi connectivity index (χ3v) is 4.29.